The van der Waals surface area contributed by atoms with Crippen molar-refractivity contribution in [3.8, 4) is 40.0 Å². The third kappa shape index (κ3) is 5.44. The number of aryl methyl sites for hydroxylation is 1. The van der Waals surface area contributed by atoms with E-state index >= 15 is 0 Å². The molecule has 0 atom stereocenters. The van der Waals surface area contributed by atoms with Crippen LogP contribution in [-0.4, -0.2) is 32.7 Å². The molecule has 192 valence electrons. The molecule has 1 aromatic heterocycles. The van der Waals surface area contributed by atoms with Crippen molar-refractivity contribution in [2.45, 2.75) is 6.92 Å². The van der Waals surface area contributed by atoms with Crippen molar-refractivity contribution >= 4 is 23.4 Å². The Hall–Kier alpha value is -5.23. The second-order valence-corrected chi connectivity index (χ2v) is 8.27. The van der Waals surface area contributed by atoms with Crippen molar-refractivity contribution in [2.24, 2.45) is 0 Å². The van der Waals surface area contributed by atoms with E-state index in [2.05, 4.69) is 11.4 Å². The number of amides is 1. The first-order valence-corrected chi connectivity index (χ1v) is 11.5. The van der Waals surface area contributed by atoms with E-state index in [1.165, 1.54) is 6.07 Å². The number of esters is 1. The van der Waals surface area contributed by atoms with Gasteiger partial charge in [-0.05, 0) is 66.6 Å². The Kier molecular flexibility index (Phi) is 7.63. The van der Waals surface area contributed by atoms with Gasteiger partial charge in [-0.25, -0.2) is 4.79 Å². The average Bonchev–Trinajstić information content (AvgIpc) is 3.31. The zero-order valence-electron chi connectivity index (χ0n) is 21.0. The largest absolute Gasteiger partial charge is 0.497 e. The molecule has 1 heterocycles. The van der Waals surface area contributed by atoms with Gasteiger partial charge in [-0.2, -0.15) is 5.26 Å². The standard InChI is InChI=1S/C29H25N3O6/c1-17-4-5-20(14-24(17)31)29(34)37-16-25(33)32-28-23(15-30)26(18-6-10-21(35-2)11-7-18)27(38-28)19-8-12-22(36-3)13-9-19/h4-14H,16,31H2,1-3H3,(H,32,33). The minimum absolute atomic E-state index is 0.0650. The summed E-state index contributed by atoms with van der Waals surface area (Å²) in [4.78, 5) is 25.0. The number of hydrogen-bond donors (Lipinski definition) is 2. The van der Waals surface area contributed by atoms with Gasteiger partial charge in [-0.1, -0.05) is 18.2 Å². The third-order valence-corrected chi connectivity index (χ3v) is 5.85. The summed E-state index contributed by atoms with van der Waals surface area (Å²) in [5.41, 5.74) is 9.28. The Bertz CT molecular complexity index is 1520. The molecule has 3 N–H and O–H groups in total. The number of nitrogens with one attached hydrogen (secondary N) is 1. The first-order chi connectivity index (χ1) is 18.3. The highest BCUT2D eigenvalue weighted by Crippen LogP contribution is 2.42. The molecule has 4 aromatic rings. The summed E-state index contributed by atoms with van der Waals surface area (Å²) < 4.78 is 21.6. The number of anilines is 2. The lowest BCUT2D eigenvalue weighted by Gasteiger charge is -2.07. The number of hydrogen-bond acceptors (Lipinski definition) is 8. The van der Waals surface area contributed by atoms with Crippen LogP contribution in [0.25, 0.3) is 22.5 Å². The Morgan fingerprint density at radius 2 is 1.55 bits per heavy atom. The Morgan fingerprint density at radius 1 is 0.947 bits per heavy atom. The van der Waals surface area contributed by atoms with Crippen LogP contribution >= 0.6 is 0 Å². The lowest BCUT2D eigenvalue weighted by Crippen LogP contribution is -2.21. The summed E-state index contributed by atoms with van der Waals surface area (Å²) in [5.74, 6) is 0.224. The second-order valence-electron chi connectivity index (χ2n) is 8.27. The summed E-state index contributed by atoms with van der Waals surface area (Å²) in [6.45, 7) is 1.22. The van der Waals surface area contributed by atoms with Gasteiger partial charge in [0.05, 0.1) is 19.8 Å². The van der Waals surface area contributed by atoms with Crippen molar-refractivity contribution in [1.29, 1.82) is 5.26 Å². The predicted octanol–water partition coefficient (Wildman–Crippen LogP) is 5.19. The van der Waals surface area contributed by atoms with E-state index in [9.17, 15) is 14.9 Å². The number of nitrogen functional groups attached to an aromatic ring is 1. The normalized spacial score (nSPS) is 10.4. The molecule has 0 unspecified atom stereocenters. The number of ether oxygens (including phenoxy) is 3. The maximum absolute atomic E-state index is 12.7. The van der Waals surface area contributed by atoms with Crippen molar-refractivity contribution in [2.75, 3.05) is 31.9 Å². The highest BCUT2D eigenvalue weighted by Gasteiger charge is 2.25. The number of methoxy groups -OCH3 is 2. The van der Waals surface area contributed by atoms with Crippen molar-refractivity contribution in [3.63, 3.8) is 0 Å². The summed E-state index contributed by atoms with van der Waals surface area (Å²) in [5, 5.41) is 12.6. The highest BCUT2D eigenvalue weighted by atomic mass is 16.5. The Labute approximate surface area is 219 Å². The van der Waals surface area contributed by atoms with Gasteiger partial charge in [-0.15, -0.1) is 0 Å². The molecular weight excluding hydrogens is 486 g/mol. The first-order valence-electron chi connectivity index (χ1n) is 11.5. The molecule has 38 heavy (non-hydrogen) atoms. The van der Waals surface area contributed by atoms with Gasteiger partial charge in [-0.3, -0.25) is 10.1 Å². The molecule has 0 radical (unpaired) electrons. The molecule has 0 spiro atoms. The summed E-state index contributed by atoms with van der Waals surface area (Å²) >= 11 is 0. The minimum atomic E-state index is -0.704. The summed E-state index contributed by atoms with van der Waals surface area (Å²) in [6.07, 6.45) is 0. The van der Waals surface area contributed by atoms with Crippen LogP contribution in [-0.2, 0) is 9.53 Å². The minimum Gasteiger partial charge on any atom is -0.497 e. The number of nitriles is 1. The zero-order chi connectivity index (χ0) is 27.2. The fraction of sp³-hybridized carbons (Fsp3) is 0.138. The number of benzene rings is 3. The molecule has 0 saturated heterocycles. The fourth-order valence-corrected chi connectivity index (χ4v) is 3.75. The van der Waals surface area contributed by atoms with Gasteiger partial charge in [0, 0.05) is 16.8 Å². The van der Waals surface area contributed by atoms with Crippen LogP contribution in [0, 0.1) is 18.3 Å². The average molecular weight is 512 g/mol. The Morgan fingerprint density at radius 3 is 2.11 bits per heavy atom. The van der Waals surface area contributed by atoms with Crippen LogP contribution in [0.15, 0.2) is 71.1 Å². The van der Waals surface area contributed by atoms with E-state index in [1.54, 1.807) is 74.9 Å². The van der Waals surface area contributed by atoms with E-state index in [4.69, 9.17) is 24.4 Å². The van der Waals surface area contributed by atoms with Crippen LogP contribution in [0.3, 0.4) is 0 Å². The molecule has 0 aliphatic heterocycles. The molecule has 0 aliphatic carbocycles. The third-order valence-electron chi connectivity index (χ3n) is 5.85. The topological polar surface area (TPSA) is 137 Å². The summed E-state index contributed by atoms with van der Waals surface area (Å²) in [7, 11) is 3.12. The Balaban J connectivity index is 1.63. The molecule has 4 rings (SSSR count). The predicted molar refractivity (Wildman–Crippen MR) is 142 cm³/mol. The first kappa shape index (κ1) is 25.9. The molecule has 9 heteroatoms. The van der Waals surface area contributed by atoms with Gasteiger partial charge in [0.15, 0.2) is 6.61 Å². The van der Waals surface area contributed by atoms with Crippen LogP contribution in [0.1, 0.15) is 21.5 Å². The summed E-state index contributed by atoms with van der Waals surface area (Å²) in [6, 6.07) is 21.1. The van der Waals surface area contributed by atoms with Crippen LogP contribution in [0.5, 0.6) is 11.5 Å². The number of nitrogens with two attached hydrogens (primary N) is 1. The van der Waals surface area contributed by atoms with Crippen molar-refractivity contribution in [3.05, 3.63) is 83.4 Å². The lowest BCUT2D eigenvalue weighted by molar-refractivity contribution is -0.119. The lowest BCUT2D eigenvalue weighted by atomic mass is 9.98. The van der Waals surface area contributed by atoms with Crippen molar-refractivity contribution in [1.82, 2.24) is 0 Å². The van der Waals surface area contributed by atoms with E-state index in [1.807, 2.05) is 6.92 Å². The van der Waals surface area contributed by atoms with Gasteiger partial charge in [0.2, 0.25) is 5.88 Å². The number of furan rings is 1. The zero-order valence-corrected chi connectivity index (χ0v) is 21.0. The molecule has 0 aliphatic rings. The smallest absolute Gasteiger partial charge is 0.338 e. The van der Waals surface area contributed by atoms with Crippen LogP contribution in [0.2, 0.25) is 0 Å². The molecular formula is C29H25N3O6. The molecule has 9 nitrogen and oxygen atoms in total. The quantitative estimate of drug-likeness (QED) is 0.244. The number of carbonyl (C=O) groups is 2. The highest BCUT2D eigenvalue weighted by molar-refractivity contribution is 5.98. The monoisotopic (exact) mass is 511 g/mol. The number of nitrogens with zero attached hydrogens (tertiary/aromatic N) is 1. The van der Waals surface area contributed by atoms with Gasteiger partial charge >= 0.3 is 5.97 Å². The van der Waals surface area contributed by atoms with Crippen LogP contribution in [0.4, 0.5) is 11.6 Å². The SMILES string of the molecule is COc1ccc(-c2oc(NC(=O)COC(=O)c3ccc(C)c(N)c3)c(C#N)c2-c2ccc(OC)cc2)cc1. The second kappa shape index (κ2) is 11.2. The molecule has 1 amide bonds. The molecule has 3 aromatic carbocycles. The number of carbonyl (C=O) groups excluding carboxylic acids is 2. The van der Waals surface area contributed by atoms with Crippen LogP contribution < -0.4 is 20.5 Å². The maximum Gasteiger partial charge on any atom is 0.338 e. The van der Waals surface area contributed by atoms with E-state index < -0.39 is 18.5 Å². The number of rotatable bonds is 8. The fourth-order valence-electron chi connectivity index (χ4n) is 3.75. The van der Waals surface area contributed by atoms with Gasteiger partial charge in [0.1, 0.15) is 28.9 Å². The van der Waals surface area contributed by atoms with Crippen molar-refractivity contribution < 1.29 is 28.2 Å². The molecule has 0 bridgehead atoms. The van der Waals surface area contributed by atoms with E-state index in [0.717, 1.165) is 5.56 Å². The van der Waals surface area contributed by atoms with E-state index in [-0.39, 0.29) is 17.0 Å². The van der Waals surface area contributed by atoms with E-state index in [0.29, 0.717) is 39.6 Å². The molecule has 0 fully saturated rings. The van der Waals surface area contributed by atoms with Gasteiger partial charge in [0.25, 0.3) is 5.91 Å². The maximum atomic E-state index is 12.7. The molecule has 0 saturated carbocycles. The van der Waals surface area contributed by atoms with Gasteiger partial charge < -0.3 is 24.4 Å².